The molecule has 4 saturated carbocycles. The lowest BCUT2D eigenvalue weighted by atomic mass is 9.57. The van der Waals surface area contributed by atoms with Gasteiger partial charge in [-0.05, 0) is 52.4 Å². The standard InChI is InChI=1S/C23H36O8/c1-10(24)18(26)31-16-11-6-7-12-21(5,28)15-14-17(30-14)19(2,3)23(15,29)13(25)8-22(12,16)9-20(11,4)27/h10-17,24-25,27-29H,6-9H2,1-5H3/t10?,11-,12+,13-,14-,15+,16-,17-,20-,21-,22+,23-/m1/s1. The molecule has 0 aromatic rings. The van der Waals surface area contributed by atoms with Crippen molar-refractivity contribution in [3.8, 4) is 0 Å². The van der Waals surface area contributed by atoms with Crippen molar-refractivity contribution in [2.75, 3.05) is 0 Å². The third-order valence-corrected chi connectivity index (χ3v) is 9.95. The number of esters is 1. The van der Waals surface area contributed by atoms with Gasteiger partial charge in [0.05, 0.1) is 29.5 Å². The van der Waals surface area contributed by atoms with Gasteiger partial charge in [-0.1, -0.05) is 13.8 Å². The maximum Gasteiger partial charge on any atom is 0.334 e. The maximum atomic E-state index is 12.4. The van der Waals surface area contributed by atoms with Crippen LogP contribution in [0.3, 0.4) is 0 Å². The van der Waals surface area contributed by atoms with Crippen LogP contribution < -0.4 is 0 Å². The number of fused-ring (bicyclic) bond motifs is 4. The van der Waals surface area contributed by atoms with E-state index in [2.05, 4.69) is 0 Å². The Bertz CT molecular complexity index is 805. The molecule has 1 aliphatic heterocycles. The summed E-state index contributed by atoms with van der Waals surface area (Å²) >= 11 is 0. The van der Waals surface area contributed by atoms with Crippen LogP contribution in [0.15, 0.2) is 0 Å². The maximum absolute atomic E-state index is 12.4. The summed E-state index contributed by atoms with van der Waals surface area (Å²) in [5.74, 6) is -2.28. The molecule has 5 rings (SSSR count). The Labute approximate surface area is 182 Å². The Morgan fingerprint density at radius 3 is 2.39 bits per heavy atom. The predicted octanol–water partition coefficient (Wildman–Crippen LogP) is 0.116. The van der Waals surface area contributed by atoms with Crippen LogP contribution in [0, 0.1) is 28.6 Å². The van der Waals surface area contributed by atoms with Crippen molar-refractivity contribution in [1.82, 2.24) is 0 Å². The van der Waals surface area contributed by atoms with Crippen molar-refractivity contribution >= 4 is 5.97 Å². The molecule has 5 N–H and O–H groups in total. The lowest BCUT2D eigenvalue weighted by Crippen LogP contribution is -2.63. The zero-order valence-electron chi connectivity index (χ0n) is 18.9. The van der Waals surface area contributed by atoms with Crippen molar-refractivity contribution in [2.24, 2.45) is 28.6 Å². The number of hydrogen-bond acceptors (Lipinski definition) is 8. The molecule has 8 heteroatoms. The smallest absolute Gasteiger partial charge is 0.334 e. The average molecular weight is 441 g/mol. The molecule has 1 spiro atoms. The fourth-order valence-corrected chi connectivity index (χ4v) is 8.65. The number of rotatable bonds is 2. The number of ether oxygens (including phenoxy) is 2. The van der Waals surface area contributed by atoms with Gasteiger partial charge in [-0.25, -0.2) is 4.79 Å². The van der Waals surface area contributed by atoms with Crippen LogP contribution in [-0.4, -0.2) is 78.8 Å². The van der Waals surface area contributed by atoms with E-state index in [0.29, 0.717) is 12.8 Å². The monoisotopic (exact) mass is 440 g/mol. The van der Waals surface area contributed by atoms with Gasteiger partial charge in [-0.2, -0.15) is 0 Å². The minimum atomic E-state index is -1.58. The second-order valence-electron chi connectivity index (χ2n) is 12.0. The first kappa shape index (κ1) is 22.0. The molecule has 2 bridgehead atoms. The zero-order chi connectivity index (χ0) is 22.9. The number of aliphatic hydroxyl groups excluding tert-OH is 2. The number of epoxide rings is 1. The van der Waals surface area contributed by atoms with E-state index in [1.165, 1.54) is 6.92 Å². The Morgan fingerprint density at radius 1 is 1.13 bits per heavy atom. The van der Waals surface area contributed by atoms with Gasteiger partial charge in [0.2, 0.25) is 0 Å². The Balaban J connectivity index is 1.66. The molecular formula is C23H36O8. The third kappa shape index (κ3) is 2.44. The molecule has 0 aromatic carbocycles. The summed E-state index contributed by atoms with van der Waals surface area (Å²) in [6.45, 7) is 8.47. The van der Waals surface area contributed by atoms with Gasteiger partial charge >= 0.3 is 5.97 Å². The third-order valence-electron chi connectivity index (χ3n) is 9.95. The van der Waals surface area contributed by atoms with Gasteiger partial charge in [0.15, 0.2) is 0 Å². The van der Waals surface area contributed by atoms with Crippen LogP contribution in [0.1, 0.15) is 60.3 Å². The SMILES string of the molecule is CC(O)C(=O)O[C@@H]1[C@H]2CC[C@H]3[C@@](C)(O)[C@@H]4[C@H]5O[C@H]5C(C)(C)[C@@]4(O)[C@H](O)C[C@@]13C[C@@]2(C)O. The van der Waals surface area contributed by atoms with E-state index < -0.39 is 63.8 Å². The van der Waals surface area contributed by atoms with E-state index in [1.807, 2.05) is 13.8 Å². The van der Waals surface area contributed by atoms with Crippen LogP contribution in [0.5, 0.6) is 0 Å². The molecule has 5 fully saturated rings. The minimum absolute atomic E-state index is 0.0914. The largest absolute Gasteiger partial charge is 0.459 e. The molecule has 176 valence electrons. The van der Waals surface area contributed by atoms with E-state index >= 15 is 0 Å². The molecule has 12 atom stereocenters. The Kier molecular flexibility index (Phi) is 4.28. The average Bonchev–Trinajstić information content (AvgIpc) is 3.36. The molecule has 31 heavy (non-hydrogen) atoms. The van der Waals surface area contributed by atoms with Crippen LogP contribution in [0.25, 0.3) is 0 Å². The summed E-state index contributed by atoms with van der Waals surface area (Å²) in [6, 6.07) is 0. The number of aliphatic hydroxyl groups is 5. The van der Waals surface area contributed by atoms with Gasteiger partial charge in [0.25, 0.3) is 0 Å². The summed E-state index contributed by atoms with van der Waals surface area (Å²) in [5.41, 5.74) is -5.87. The Hall–Kier alpha value is -0.770. The highest BCUT2D eigenvalue weighted by atomic mass is 16.6. The van der Waals surface area contributed by atoms with E-state index in [4.69, 9.17) is 9.47 Å². The minimum Gasteiger partial charge on any atom is -0.459 e. The number of carbonyl (C=O) groups excluding carboxylic acids is 1. The van der Waals surface area contributed by atoms with Gasteiger partial charge in [0.1, 0.15) is 17.8 Å². The molecule has 1 heterocycles. The van der Waals surface area contributed by atoms with Crippen molar-refractivity contribution in [3.63, 3.8) is 0 Å². The molecular weight excluding hydrogens is 404 g/mol. The molecule has 0 aromatic heterocycles. The summed E-state index contributed by atoms with van der Waals surface area (Å²) in [4.78, 5) is 12.4. The van der Waals surface area contributed by atoms with Crippen LogP contribution in [0.4, 0.5) is 0 Å². The summed E-state index contributed by atoms with van der Waals surface area (Å²) in [7, 11) is 0. The van der Waals surface area contributed by atoms with Crippen molar-refractivity contribution < 1.29 is 39.8 Å². The lowest BCUT2D eigenvalue weighted by Gasteiger charge is -2.52. The summed E-state index contributed by atoms with van der Waals surface area (Å²) in [6.07, 6.45) is -2.43. The van der Waals surface area contributed by atoms with Crippen molar-refractivity contribution in [3.05, 3.63) is 0 Å². The normalized spacial score (nSPS) is 59.7. The molecule has 1 unspecified atom stereocenters. The Morgan fingerprint density at radius 2 is 1.77 bits per heavy atom. The molecule has 8 nitrogen and oxygen atoms in total. The predicted molar refractivity (Wildman–Crippen MR) is 108 cm³/mol. The van der Waals surface area contributed by atoms with E-state index in [0.717, 1.165) is 0 Å². The number of hydrogen-bond donors (Lipinski definition) is 5. The van der Waals surface area contributed by atoms with Crippen molar-refractivity contribution in [1.29, 1.82) is 0 Å². The molecule has 1 saturated heterocycles. The second-order valence-corrected chi connectivity index (χ2v) is 12.0. The molecule has 0 radical (unpaired) electrons. The second kappa shape index (κ2) is 6.02. The molecule has 5 aliphatic rings. The van der Waals surface area contributed by atoms with Gasteiger partial charge in [0, 0.05) is 22.7 Å². The summed E-state index contributed by atoms with van der Waals surface area (Å²) < 4.78 is 11.7. The van der Waals surface area contributed by atoms with Crippen molar-refractivity contribution in [2.45, 2.75) is 108 Å². The first-order chi connectivity index (χ1) is 14.1. The highest BCUT2D eigenvalue weighted by Crippen LogP contribution is 2.73. The highest BCUT2D eigenvalue weighted by Gasteiger charge is 2.83. The fourth-order valence-electron chi connectivity index (χ4n) is 8.65. The summed E-state index contributed by atoms with van der Waals surface area (Å²) in [5, 5.41) is 56.6. The molecule has 0 amide bonds. The van der Waals surface area contributed by atoms with Crippen LogP contribution >= 0.6 is 0 Å². The molecule has 4 aliphatic carbocycles. The van der Waals surface area contributed by atoms with Crippen LogP contribution in [0.2, 0.25) is 0 Å². The fraction of sp³-hybridized carbons (Fsp3) is 0.957. The quantitative estimate of drug-likeness (QED) is 0.301. The van der Waals surface area contributed by atoms with Crippen LogP contribution in [-0.2, 0) is 14.3 Å². The topological polar surface area (TPSA) is 140 Å². The first-order valence-electron chi connectivity index (χ1n) is 11.5. The van der Waals surface area contributed by atoms with E-state index in [9.17, 15) is 30.3 Å². The number of carbonyl (C=O) groups is 1. The van der Waals surface area contributed by atoms with Gasteiger partial charge in [-0.3, -0.25) is 0 Å². The lowest BCUT2D eigenvalue weighted by molar-refractivity contribution is -0.223. The van der Waals surface area contributed by atoms with Gasteiger partial charge < -0.3 is 35.0 Å². The van der Waals surface area contributed by atoms with Gasteiger partial charge in [-0.15, -0.1) is 0 Å². The zero-order valence-corrected chi connectivity index (χ0v) is 18.9. The highest BCUT2D eigenvalue weighted by molar-refractivity contribution is 5.74. The van der Waals surface area contributed by atoms with E-state index in [1.54, 1.807) is 13.8 Å². The van der Waals surface area contributed by atoms with E-state index in [-0.39, 0.29) is 31.0 Å². The first-order valence-corrected chi connectivity index (χ1v) is 11.5.